The third-order valence-corrected chi connectivity index (χ3v) is 1.21. The topological polar surface area (TPSA) is 298 Å². The standard InChI is InChI=1S/C4H8O.2C2BN2.C2N2.CHN.CN.2CH2O3.2CH4.4K.4Na.2H/c1-2-4-5-3-1;2*4-1-3-2-5;3-1-2-4;2*1-2;2*2-1-4-3;;;;;;;;;;;;/h1-4H2;;;;1H;;2*1,3H;2*1H4;;;;;;;;;;/q;;-1;;;-1;;;;;4*+1;;;2*+1;2*-1/p-2. The zero-order valence-electron chi connectivity index (χ0n) is 25.7. The van der Waals surface area contributed by atoms with Gasteiger partial charge >= 0.3 is 316 Å². The van der Waals surface area contributed by atoms with Crippen molar-refractivity contribution in [2.45, 2.75) is 27.7 Å². The molecule has 15 nitrogen and oxygen atoms in total. The van der Waals surface area contributed by atoms with E-state index in [-0.39, 0.29) is 295 Å². The Labute approximate surface area is 491 Å². The van der Waals surface area contributed by atoms with Gasteiger partial charge in [-0.1, -0.05) is 22.1 Å². The number of carbonyl (C=O) groups is 2. The number of nitrogens with zero attached hydrogens (tertiary/aromatic N) is 8. The molecule has 0 aromatic heterocycles. The van der Waals surface area contributed by atoms with Crippen LogP contribution in [0.4, 0.5) is 0 Å². The normalized spacial score (nSPS) is 5.46. The Bertz CT molecular complexity index is 612. The van der Waals surface area contributed by atoms with Gasteiger partial charge in [0.15, 0.2) is 12.1 Å². The third-order valence-electron chi connectivity index (χ3n) is 1.21. The predicted molar refractivity (Wildman–Crippen MR) is 118 cm³/mol. The molecule has 0 atom stereocenters. The van der Waals surface area contributed by atoms with E-state index in [1.807, 2.05) is 0 Å². The molecule has 1 fully saturated rings. The van der Waals surface area contributed by atoms with Crippen LogP contribution in [0.1, 0.15) is 30.5 Å². The molecule has 0 N–H and O–H groups in total. The molecule has 181 valence electrons. The Balaban J connectivity index is -0.0000000101. The molecule has 1 rings (SSSR count). The first-order chi connectivity index (χ1) is 16.1. The molecule has 0 spiro atoms. The minimum atomic E-state index is -0.181. The summed E-state index contributed by atoms with van der Waals surface area (Å²) in [5.74, 6) is 6.12. The monoisotopic (exact) mass is 707 g/mol. The van der Waals surface area contributed by atoms with Gasteiger partial charge in [0.1, 0.15) is 0 Å². The second kappa shape index (κ2) is 178. The Morgan fingerprint density at radius 1 is 0.805 bits per heavy atom. The summed E-state index contributed by atoms with van der Waals surface area (Å²) < 4.78 is 4.94. The summed E-state index contributed by atoms with van der Waals surface area (Å²) in [6.07, 6.45) is 2.56. The summed E-state index contributed by atoms with van der Waals surface area (Å²) in [7, 11) is 1.72. The van der Waals surface area contributed by atoms with Crippen LogP contribution >= 0.6 is 0 Å². The van der Waals surface area contributed by atoms with E-state index in [1.165, 1.54) is 92.5 Å². The van der Waals surface area contributed by atoms with Gasteiger partial charge in [0.05, 0.1) is 0 Å². The first-order valence-corrected chi connectivity index (χ1v) is 15.6. The zero-order chi connectivity index (χ0) is 28.0. The Hall–Kier alpha value is 5.42. The van der Waals surface area contributed by atoms with E-state index in [1.54, 1.807) is 0 Å². The Kier molecular flexibility index (Phi) is 450. The molecule has 0 saturated carbocycles. The summed E-state index contributed by atoms with van der Waals surface area (Å²) in [4.78, 5) is 22.5. The van der Waals surface area contributed by atoms with Gasteiger partial charge in [-0.05, 0) is 12.8 Å². The molecule has 1 saturated heterocycles. The molecule has 0 bridgehead atoms. The van der Waals surface area contributed by atoms with Crippen LogP contribution in [0.25, 0.3) is 0 Å². The van der Waals surface area contributed by atoms with Crippen LogP contribution in [0.15, 0.2) is 0 Å². The van der Waals surface area contributed by atoms with Gasteiger partial charge in [-0.2, -0.15) is 10.5 Å². The molecule has 25 heteroatoms. The van der Waals surface area contributed by atoms with Crippen molar-refractivity contribution >= 4 is 71.1 Å². The fraction of sp³-hybridized carbons (Fsp3) is 0.375. The number of ether oxygens (including phenoxy) is 1. The van der Waals surface area contributed by atoms with Crippen molar-refractivity contribution in [3.8, 4) is 42.6 Å². The van der Waals surface area contributed by atoms with Crippen LogP contribution in [0.3, 0.4) is 0 Å². The van der Waals surface area contributed by atoms with Crippen molar-refractivity contribution in [1.29, 1.82) is 42.1 Å². The van der Waals surface area contributed by atoms with Crippen LogP contribution < -0.4 is 275 Å². The average Bonchev–Trinajstić information content (AvgIpc) is 3.50. The van der Waals surface area contributed by atoms with Crippen LogP contribution in [0.2, 0.25) is 0 Å². The van der Waals surface area contributed by atoms with Gasteiger partial charge < -0.3 is 39.7 Å². The summed E-state index contributed by atoms with van der Waals surface area (Å²) >= 11 is 2.89. The first-order valence-electron chi connectivity index (χ1n) is 7.58. The molecular weight excluding hydrogens is 686 g/mol. The van der Waals surface area contributed by atoms with Crippen LogP contribution in [-0.4, -0.2) is 84.3 Å². The molecule has 41 heavy (non-hydrogen) atoms. The van der Waals surface area contributed by atoms with Gasteiger partial charge in [0.25, 0.3) is 12.9 Å². The summed E-state index contributed by atoms with van der Waals surface area (Å²) in [6.45, 7) is 9.89. The molecule has 0 unspecified atom stereocenters. The van der Waals surface area contributed by atoms with E-state index < -0.39 is 0 Å². The van der Waals surface area contributed by atoms with Gasteiger partial charge in [0.2, 0.25) is 0 Å². The van der Waals surface area contributed by atoms with Crippen LogP contribution in [-0.2, 0) is 24.1 Å². The maximum atomic E-state index is 8.64. The summed E-state index contributed by atoms with van der Waals surface area (Å²) in [5.41, 5.74) is 0. The van der Waals surface area contributed by atoms with Gasteiger partial charge in [-0.3, -0.25) is 20.1 Å². The number of nitriles is 7. The SMILES string of the molecule is C.C.C#N.C1CCOC1.N#CC#N.N#C[B-]C#N.N#C[B]C#N.O=CO[O-].O=CO[O-].[C-]#N.[H-].[H-].[K+].[K+].[K+].[K+].[Na+].[Na+].[Na][Na]. The quantitative estimate of drug-likeness (QED) is 0.0846. The number of hydrogen-bond donors (Lipinski definition) is 0. The molecule has 0 amide bonds. The maximum absolute atomic E-state index is 8.64. The van der Waals surface area contributed by atoms with Gasteiger partial charge in [-0.25, -0.2) is 27.7 Å². The molecular formula is C16H21B2K4N8Na4O7. The van der Waals surface area contributed by atoms with E-state index in [4.69, 9.17) is 73.5 Å². The van der Waals surface area contributed by atoms with Crippen molar-refractivity contribution < 1.29 is 302 Å². The fourth-order valence-corrected chi connectivity index (χ4v) is 0.568. The van der Waals surface area contributed by atoms with Crippen LogP contribution in [0.5, 0.6) is 0 Å². The molecule has 1 aliphatic rings. The zero-order valence-corrected chi connectivity index (χ0v) is 44.1. The summed E-state index contributed by atoms with van der Waals surface area (Å²) in [5, 5.41) is 74.3. The summed E-state index contributed by atoms with van der Waals surface area (Å²) in [6, 6.07) is 2.47. The minimum absolute atomic E-state index is 0. The van der Waals surface area contributed by atoms with E-state index >= 15 is 0 Å². The third kappa shape index (κ3) is 282. The molecule has 0 aliphatic carbocycles. The number of rotatable bonds is 2. The van der Waals surface area contributed by atoms with Gasteiger partial charge in [-0.15, -0.1) is 0 Å². The second-order valence-corrected chi connectivity index (χ2v) is 2.73. The molecule has 0 aromatic rings. The Morgan fingerprint density at radius 2 is 1.02 bits per heavy atom. The second-order valence-electron chi connectivity index (χ2n) is 2.73. The van der Waals surface area contributed by atoms with Gasteiger partial charge in [0, 0.05) is 31.7 Å². The van der Waals surface area contributed by atoms with Crippen molar-refractivity contribution in [1.82, 2.24) is 0 Å². The predicted octanol–water partition coefficient (Wildman–Crippen LogP) is -20.0. The molecule has 0 aromatic carbocycles. The van der Waals surface area contributed by atoms with Crippen molar-refractivity contribution in [3.05, 3.63) is 6.57 Å². The number of hydrogen-bond acceptors (Lipinski definition) is 15. The number of carbonyl (C=O) groups excluding carboxylic acids is 2. The van der Waals surface area contributed by atoms with E-state index in [0.29, 0.717) is 0 Å². The first kappa shape index (κ1) is 103. The van der Waals surface area contributed by atoms with Crippen LogP contribution in [0, 0.1) is 91.3 Å². The van der Waals surface area contributed by atoms with E-state index in [9.17, 15) is 0 Å². The molecule has 1 heterocycles. The Morgan fingerprint density at radius 3 is 1.05 bits per heavy atom. The van der Waals surface area contributed by atoms with E-state index in [2.05, 4.69) is 16.3 Å². The average molecular weight is 707 g/mol. The molecule has 1 aliphatic heterocycles. The van der Waals surface area contributed by atoms with E-state index in [0.717, 1.165) is 27.8 Å². The van der Waals surface area contributed by atoms with Crippen molar-refractivity contribution in [2.75, 3.05) is 13.2 Å². The fourth-order valence-electron chi connectivity index (χ4n) is 0.568. The van der Waals surface area contributed by atoms with Crippen molar-refractivity contribution in [2.24, 2.45) is 0 Å². The van der Waals surface area contributed by atoms with Crippen molar-refractivity contribution in [3.63, 3.8) is 0 Å². The molecule has 3 radical (unpaired) electrons.